The Morgan fingerprint density at radius 1 is 1.06 bits per heavy atom. The molecule has 1 unspecified atom stereocenters. The molecule has 1 aromatic heterocycles. The first-order chi connectivity index (χ1) is 14.8. The molecule has 1 amide bonds. The van der Waals surface area contributed by atoms with Crippen molar-refractivity contribution < 1.29 is 23.8 Å². The number of hydrogen-bond acceptors (Lipinski definition) is 5. The highest BCUT2D eigenvalue weighted by molar-refractivity contribution is 7.10. The van der Waals surface area contributed by atoms with E-state index in [1.54, 1.807) is 32.2 Å². The van der Waals surface area contributed by atoms with Crippen molar-refractivity contribution in [3.8, 4) is 5.75 Å². The Labute approximate surface area is 183 Å². The summed E-state index contributed by atoms with van der Waals surface area (Å²) in [5.41, 5.74) is 2.42. The average molecular weight is 437 g/mol. The van der Waals surface area contributed by atoms with Gasteiger partial charge in [0.05, 0.1) is 12.7 Å². The van der Waals surface area contributed by atoms with E-state index in [2.05, 4.69) is 0 Å². The van der Waals surface area contributed by atoms with Crippen molar-refractivity contribution in [1.29, 1.82) is 0 Å². The summed E-state index contributed by atoms with van der Waals surface area (Å²) in [4.78, 5) is 28.3. The van der Waals surface area contributed by atoms with Crippen LogP contribution in [-0.2, 0) is 9.59 Å². The van der Waals surface area contributed by atoms with Crippen LogP contribution in [0.15, 0.2) is 59.5 Å². The lowest BCUT2D eigenvalue weighted by molar-refractivity contribution is -0.132. The Hall–Kier alpha value is -3.45. The third-order valence-corrected chi connectivity index (χ3v) is 6.46. The van der Waals surface area contributed by atoms with Crippen molar-refractivity contribution >= 4 is 34.5 Å². The monoisotopic (exact) mass is 437 g/mol. The van der Waals surface area contributed by atoms with E-state index in [-0.39, 0.29) is 11.3 Å². The number of thiophene rings is 1. The highest BCUT2D eigenvalue weighted by atomic mass is 32.1. The fourth-order valence-corrected chi connectivity index (χ4v) is 4.81. The lowest BCUT2D eigenvalue weighted by Gasteiger charge is -2.25. The maximum absolute atomic E-state index is 13.5. The van der Waals surface area contributed by atoms with E-state index in [0.29, 0.717) is 22.6 Å². The molecule has 0 radical (unpaired) electrons. The van der Waals surface area contributed by atoms with E-state index < -0.39 is 23.5 Å². The average Bonchev–Trinajstić information content (AvgIpc) is 3.29. The SMILES string of the molecule is COc1ccc(/C(O)=C2\C(=O)C(=O)N(c3ccc(F)cc3)C2c2sccc2C)c(C)c1. The van der Waals surface area contributed by atoms with Crippen molar-refractivity contribution in [2.24, 2.45) is 0 Å². The number of carbonyl (C=O) groups is 2. The number of aliphatic hydroxyl groups excluding tert-OH is 1. The van der Waals surface area contributed by atoms with Crippen LogP contribution in [0.25, 0.3) is 5.76 Å². The second kappa shape index (κ2) is 8.00. The van der Waals surface area contributed by atoms with E-state index in [4.69, 9.17) is 4.74 Å². The van der Waals surface area contributed by atoms with Crippen molar-refractivity contribution in [2.45, 2.75) is 19.9 Å². The fourth-order valence-electron chi connectivity index (χ4n) is 3.79. The number of carbonyl (C=O) groups excluding carboxylic acids is 2. The molecule has 5 nitrogen and oxygen atoms in total. The number of methoxy groups -OCH3 is 1. The summed E-state index contributed by atoms with van der Waals surface area (Å²) >= 11 is 1.39. The number of rotatable bonds is 4. The van der Waals surface area contributed by atoms with Gasteiger partial charge in [-0.1, -0.05) is 0 Å². The van der Waals surface area contributed by atoms with Crippen LogP contribution in [0.1, 0.15) is 27.6 Å². The number of benzene rings is 2. The van der Waals surface area contributed by atoms with Gasteiger partial charge in [0.25, 0.3) is 11.7 Å². The quantitative estimate of drug-likeness (QED) is 0.349. The van der Waals surface area contributed by atoms with Gasteiger partial charge in [0, 0.05) is 16.1 Å². The molecule has 1 saturated heterocycles. The van der Waals surface area contributed by atoms with Crippen LogP contribution >= 0.6 is 11.3 Å². The predicted molar refractivity (Wildman–Crippen MR) is 118 cm³/mol. The highest BCUT2D eigenvalue weighted by Crippen LogP contribution is 2.45. The zero-order valence-corrected chi connectivity index (χ0v) is 18.0. The Morgan fingerprint density at radius 3 is 2.35 bits per heavy atom. The third kappa shape index (κ3) is 3.51. The van der Waals surface area contributed by atoms with Gasteiger partial charge >= 0.3 is 0 Å². The van der Waals surface area contributed by atoms with E-state index in [1.807, 2.05) is 18.4 Å². The zero-order valence-electron chi connectivity index (χ0n) is 17.2. The molecule has 0 saturated carbocycles. The molecule has 1 N–H and O–H groups in total. The lowest BCUT2D eigenvalue weighted by Crippen LogP contribution is -2.29. The molecule has 0 aliphatic carbocycles. The molecular weight excluding hydrogens is 417 g/mol. The number of halogens is 1. The minimum absolute atomic E-state index is 0.00754. The number of ketones is 1. The predicted octanol–water partition coefficient (Wildman–Crippen LogP) is 5.14. The van der Waals surface area contributed by atoms with E-state index >= 15 is 0 Å². The van der Waals surface area contributed by atoms with E-state index in [1.165, 1.54) is 40.5 Å². The minimum Gasteiger partial charge on any atom is -0.507 e. The molecule has 1 aliphatic heterocycles. The molecule has 2 heterocycles. The van der Waals surface area contributed by atoms with Crippen LogP contribution < -0.4 is 9.64 Å². The Morgan fingerprint density at radius 2 is 1.77 bits per heavy atom. The second-order valence-electron chi connectivity index (χ2n) is 7.29. The number of aryl methyl sites for hydroxylation is 2. The molecule has 0 spiro atoms. The molecule has 7 heteroatoms. The molecular formula is C24H20FNO4S. The van der Waals surface area contributed by atoms with Crippen LogP contribution in [0.2, 0.25) is 0 Å². The van der Waals surface area contributed by atoms with Gasteiger partial charge in [0.2, 0.25) is 0 Å². The summed E-state index contributed by atoms with van der Waals surface area (Å²) in [5.74, 6) is -1.63. The number of aliphatic hydroxyl groups is 1. The first kappa shape index (κ1) is 20.8. The van der Waals surface area contributed by atoms with Crippen LogP contribution in [0.4, 0.5) is 10.1 Å². The number of anilines is 1. The summed E-state index contributed by atoms with van der Waals surface area (Å²) in [6.07, 6.45) is 0. The van der Waals surface area contributed by atoms with E-state index in [9.17, 15) is 19.1 Å². The molecule has 3 aromatic rings. The van der Waals surface area contributed by atoms with Gasteiger partial charge in [-0.15, -0.1) is 11.3 Å². The van der Waals surface area contributed by atoms with E-state index in [0.717, 1.165) is 10.4 Å². The summed E-state index contributed by atoms with van der Waals surface area (Å²) in [5, 5.41) is 13.1. The fraction of sp³-hybridized carbons (Fsp3) is 0.167. The normalized spacial score (nSPS) is 17.9. The summed E-state index contributed by atoms with van der Waals surface area (Å²) in [6.45, 7) is 3.67. The Kier molecular flexibility index (Phi) is 5.37. The van der Waals surface area contributed by atoms with Crippen molar-refractivity contribution in [3.63, 3.8) is 0 Å². The number of ether oxygens (including phenoxy) is 1. The molecule has 0 bridgehead atoms. The molecule has 158 valence electrons. The maximum Gasteiger partial charge on any atom is 0.300 e. The number of amides is 1. The summed E-state index contributed by atoms with van der Waals surface area (Å²) < 4.78 is 18.7. The van der Waals surface area contributed by atoms with Crippen molar-refractivity contribution in [2.75, 3.05) is 12.0 Å². The second-order valence-corrected chi connectivity index (χ2v) is 8.24. The summed E-state index contributed by atoms with van der Waals surface area (Å²) in [6, 6.07) is 11.6. The standard InChI is InChI=1S/C24H20FNO4S/c1-13-10-11-31-23(13)20-19(21(27)18-9-8-17(30-3)12-14(18)2)22(28)24(29)26(20)16-6-4-15(25)5-7-16/h4-12,20,27H,1-3H3/b21-19+. The van der Waals surface area contributed by atoms with Gasteiger partial charge in [0.15, 0.2) is 0 Å². The first-order valence-corrected chi connectivity index (χ1v) is 10.5. The third-order valence-electron chi connectivity index (χ3n) is 5.39. The van der Waals surface area contributed by atoms with Crippen molar-refractivity contribution in [1.82, 2.24) is 0 Å². The highest BCUT2D eigenvalue weighted by Gasteiger charge is 2.48. The van der Waals surface area contributed by atoms with Gasteiger partial charge in [-0.2, -0.15) is 0 Å². The molecule has 2 aromatic carbocycles. The van der Waals surface area contributed by atoms with Crippen LogP contribution in [0.3, 0.4) is 0 Å². The Bertz CT molecular complexity index is 1210. The topological polar surface area (TPSA) is 66.8 Å². The van der Waals surface area contributed by atoms with Gasteiger partial charge in [-0.3, -0.25) is 14.5 Å². The van der Waals surface area contributed by atoms with Gasteiger partial charge in [-0.05, 0) is 78.9 Å². The smallest absolute Gasteiger partial charge is 0.300 e. The molecule has 31 heavy (non-hydrogen) atoms. The molecule has 1 fully saturated rings. The molecule has 4 rings (SSSR count). The van der Waals surface area contributed by atoms with Gasteiger partial charge in [0.1, 0.15) is 23.4 Å². The minimum atomic E-state index is -0.813. The number of hydrogen-bond donors (Lipinski definition) is 1. The summed E-state index contributed by atoms with van der Waals surface area (Å²) in [7, 11) is 1.54. The number of Topliss-reactive ketones (excluding diaryl/α,β-unsaturated/α-hetero) is 1. The van der Waals surface area contributed by atoms with Crippen LogP contribution in [0, 0.1) is 19.7 Å². The number of nitrogens with zero attached hydrogens (tertiary/aromatic N) is 1. The zero-order chi connectivity index (χ0) is 22.3. The maximum atomic E-state index is 13.5. The van der Waals surface area contributed by atoms with Gasteiger partial charge in [-0.25, -0.2) is 4.39 Å². The van der Waals surface area contributed by atoms with Crippen LogP contribution in [0.5, 0.6) is 5.75 Å². The Balaban J connectivity index is 1.95. The lowest BCUT2D eigenvalue weighted by atomic mass is 9.96. The van der Waals surface area contributed by atoms with Crippen molar-refractivity contribution in [3.05, 3.63) is 86.9 Å². The molecule has 1 aliphatic rings. The van der Waals surface area contributed by atoms with Crippen LogP contribution in [-0.4, -0.2) is 23.9 Å². The molecule has 1 atom stereocenters. The first-order valence-electron chi connectivity index (χ1n) is 9.59. The van der Waals surface area contributed by atoms with Gasteiger partial charge < -0.3 is 9.84 Å². The largest absolute Gasteiger partial charge is 0.507 e.